The largest absolute Gasteiger partial charge is 0.340 e. The molecule has 1 saturated heterocycles. The van der Waals surface area contributed by atoms with Crippen LogP contribution in [0.3, 0.4) is 0 Å². The maximum absolute atomic E-state index is 13.6. The highest BCUT2D eigenvalue weighted by atomic mass is 16.2. The van der Waals surface area contributed by atoms with E-state index in [2.05, 4.69) is 0 Å². The SMILES string of the molecule is CCN(Cc1ccccc1)C(=O)C1CCN(C(=O)C(C(=O)c2ccccc2)n2ccccc2=O)CC1. The number of carbonyl (C=O) groups is 3. The molecule has 1 aliphatic rings. The molecular formula is C29H31N3O4. The van der Waals surface area contributed by atoms with Crippen LogP contribution in [0.2, 0.25) is 0 Å². The summed E-state index contributed by atoms with van der Waals surface area (Å²) in [6.45, 7) is 3.85. The lowest BCUT2D eigenvalue weighted by Crippen LogP contribution is -2.48. The van der Waals surface area contributed by atoms with Crippen LogP contribution in [-0.2, 0) is 16.1 Å². The van der Waals surface area contributed by atoms with E-state index in [9.17, 15) is 19.2 Å². The van der Waals surface area contributed by atoms with Crippen LogP contribution in [0.15, 0.2) is 89.9 Å². The fourth-order valence-electron chi connectivity index (χ4n) is 4.70. The molecule has 2 heterocycles. The Morgan fingerprint density at radius 1 is 0.889 bits per heavy atom. The lowest BCUT2D eigenvalue weighted by Gasteiger charge is -2.35. The maximum atomic E-state index is 13.6. The molecule has 1 atom stereocenters. The van der Waals surface area contributed by atoms with E-state index in [0.717, 1.165) is 5.56 Å². The van der Waals surface area contributed by atoms with Crippen LogP contribution in [0.1, 0.15) is 41.7 Å². The highest BCUT2D eigenvalue weighted by Gasteiger charge is 2.36. The Morgan fingerprint density at radius 3 is 2.11 bits per heavy atom. The van der Waals surface area contributed by atoms with Crippen LogP contribution >= 0.6 is 0 Å². The third-order valence-corrected chi connectivity index (χ3v) is 6.74. The summed E-state index contributed by atoms with van der Waals surface area (Å²) in [5.74, 6) is -0.933. The van der Waals surface area contributed by atoms with Gasteiger partial charge in [-0.15, -0.1) is 0 Å². The molecule has 4 rings (SSSR count). The fourth-order valence-corrected chi connectivity index (χ4v) is 4.70. The first kappa shape index (κ1) is 25.1. The summed E-state index contributed by atoms with van der Waals surface area (Å²) in [5.41, 5.74) is 1.04. The predicted octanol–water partition coefficient (Wildman–Crippen LogP) is 3.56. The van der Waals surface area contributed by atoms with Crippen molar-refractivity contribution in [3.8, 4) is 0 Å². The van der Waals surface area contributed by atoms with Crippen LogP contribution in [0.25, 0.3) is 0 Å². The van der Waals surface area contributed by atoms with Crippen molar-refractivity contribution in [3.63, 3.8) is 0 Å². The minimum Gasteiger partial charge on any atom is -0.340 e. The van der Waals surface area contributed by atoms with E-state index in [1.165, 1.54) is 16.8 Å². The van der Waals surface area contributed by atoms with Gasteiger partial charge in [-0.25, -0.2) is 0 Å². The van der Waals surface area contributed by atoms with Gasteiger partial charge in [0.1, 0.15) is 0 Å². The van der Waals surface area contributed by atoms with E-state index in [1.54, 1.807) is 47.4 Å². The number of hydrogen-bond acceptors (Lipinski definition) is 4. The number of likely N-dealkylation sites (tertiary alicyclic amines) is 1. The zero-order valence-corrected chi connectivity index (χ0v) is 20.5. The molecule has 0 aliphatic carbocycles. The van der Waals surface area contributed by atoms with E-state index in [0.29, 0.717) is 44.6 Å². The van der Waals surface area contributed by atoms with Crippen LogP contribution in [0.4, 0.5) is 0 Å². The van der Waals surface area contributed by atoms with Gasteiger partial charge >= 0.3 is 0 Å². The molecule has 0 bridgehead atoms. The minimum absolute atomic E-state index is 0.0876. The van der Waals surface area contributed by atoms with E-state index in [-0.39, 0.29) is 11.8 Å². The molecule has 0 radical (unpaired) electrons. The average molecular weight is 486 g/mol. The molecule has 1 unspecified atom stereocenters. The van der Waals surface area contributed by atoms with Gasteiger partial charge in [0.15, 0.2) is 11.8 Å². The van der Waals surface area contributed by atoms with Crippen LogP contribution in [0, 0.1) is 5.92 Å². The van der Waals surface area contributed by atoms with Gasteiger partial charge in [0.2, 0.25) is 5.91 Å². The summed E-state index contributed by atoms with van der Waals surface area (Å²) in [5, 5.41) is 0. The molecule has 7 heteroatoms. The van der Waals surface area contributed by atoms with Crippen molar-refractivity contribution >= 4 is 17.6 Å². The first-order chi connectivity index (χ1) is 17.5. The Balaban J connectivity index is 1.48. The van der Waals surface area contributed by atoms with Crippen molar-refractivity contribution in [1.82, 2.24) is 14.4 Å². The molecule has 2 amide bonds. The number of aromatic nitrogens is 1. The van der Waals surface area contributed by atoms with E-state index in [1.807, 2.05) is 42.2 Å². The number of ketones is 1. The van der Waals surface area contributed by atoms with Crippen molar-refractivity contribution in [3.05, 3.63) is 107 Å². The number of hydrogen-bond donors (Lipinski definition) is 0. The molecule has 2 aromatic carbocycles. The van der Waals surface area contributed by atoms with Crippen molar-refractivity contribution in [2.24, 2.45) is 5.92 Å². The Morgan fingerprint density at radius 2 is 1.50 bits per heavy atom. The third kappa shape index (κ3) is 5.62. The second-order valence-electron chi connectivity index (χ2n) is 9.02. The van der Waals surface area contributed by atoms with Gasteiger partial charge in [0, 0.05) is 49.9 Å². The number of Topliss-reactive ketones (excluding diaryl/α,β-unsaturated/α-hetero) is 1. The summed E-state index contributed by atoms with van der Waals surface area (Å²) in [7, 11) is 0. The van der Waals surface area contributed by atoms with Crippen LogP contribution in [-0.4, -0.2) is 51.6 Å². The molecule has 0 spiro atoms. The third-order valence-electron chi connectivity index (χ3n) is 6.74. The van der Waals surface area contributed by atoms with Gasteiger partial charge in [-0.1, -0.05) is 66.7 Å². The van der Waals surface area contributed by atoms with Crippen LogP contribution in [0.5, 0.6) is 0 Å². The fraction of sp³-hybridized carbons (Fsp3) is 0.310. The number of rotatable bonds is 8. The van der Waals surface area contributed by atoms with Gasteiger partial charge in [-0.2, -0.15) is 0 Å². The minimum atomic E-state index is -1.28. The van der Waals surface area contributed by atoms with E-state index < -0.39 is 23.3 Å². The lowest BCUT2D eigenvalue weighted by atomic mass is 9.93. The highest BCUT2D eigenvalue weighted by Crippen LogP contribution is 2.24. The monoisotopic (exact) mass is 485 g/mol. The van der Waals surface area contributed by atoms with Gasteiger partial charge < -0.3 is 9.80 Å². The first-order valence-corrected chi connectivity index (χ1v) is 12.4. The standard InChI is InChI=1S/C29H31N3O4/c1-2-30(21-22-11-5-3-6-12-22)28(35)24-16-19-31(20-17-24)29(36)26(32-18-10-9-15-25(32)33)27(34)23-13-7-4-8-14-23/h3-15,18,24,26H,2,16-17,19-21H2,1H3. The maximum Gasteiger partial charge on any atom is 0.253 e. The number of benzene rings is 2. The molecule has 0 saturated carbocycles. The second kappa shape index (κ2) is 11.6. The number of carbonyl (C=O) groups excluding carboxylic acids is 3. The molecule has 186 valence electrons. The molecular weight excluding hydrogens is 454 g/mol. The molecule has 7 nitrogen and oxygen atoms in total. The summed E-state index contributed by atoms with van der Waals surface area (Å²) in [4.78, 5) is 56.3. The zero-order chi connectivity index (χ0) is 25.5. The normalized spacial score (nSPS) is 14.8. The van der Waals surface area contributed by atoms with Gasteiger partial charge in [-0.3, -0.25) is 23.7 Å². The average Bonchev–Trinajstić information content (AvgIpc) is 2.93. The lowest BCUT2D eigenvalue weighted by molar-refractivity contribution is -0.142. The van der Waals surface area contributed by atoms with E-state index in [4.69, 9.17) is 0 Å². The summed E-state index contributed by atoms with van der Waals surface area (Å²) in [6.07, 6.45) is 2.52. The Bertz CT molecular complexity index is 1250. The number of amides is 2. The van der Waals surface area contributed by atoms with Crippen LogP contribution < -0.4 is 5.56 Å². The van der Waals surface area contributed by atoms with Crippen molar-refractivity contribution in [1.29, 1.82) is 0 Å². The molecule has 1 fully saturated rings. The quantitative estimate of drug-likeness (QED) is 0.361. The number of piperidine rings is 1. The van der Waals surface area contributed by atoms with Gasteiger partial charge in [-0.05, 0) is 31.4 Å². The predicted molar refractivity (Wildman–Crippen MR) is 137 cm³/mol. The van der Waals surface area contributed by atoms with Crippen molar-refractivity contribution in [2.45, 2.75) is 32.4 Å². The highest BCUT2D eigenvalue weighted by molar-refractivity contribution is 6.11. The molecule has 0 N–H and O–H groups in total. The summed E-state index contributed by atoms with van der Waals surface area (Å²) in [6, 6.07) is 21.7. The Kier molecular flexibility index (Phi) is 8.10. The second-order valence-corrected chi connectivity index (χ2v) is 9.02. The Hall–Kier alpha value is -4.00. The van der Waals surface area contributed by atoms with E-state index >= 15 is 0 Å². The zero-order valence-electron chi connectivity index (χ0n) is 20.5. The van der Waals surface area contributed by atoms with Crippen molar-refractivity contribution < 1.29 is 14.4 Å². The smallest absolute Gasteiger partial charge is 0.253 e. The molecule has 1 aromatic heterocycles. The topological polar surface area (TPSA) is 79.7 Å². The summed E-state index contributed by atoms with van der Waals surface area (Å²) < 4.78 is 1.20. The van der Waals surface area contributed by atoms with Gasteiger partial charge in [0.05, 0.1) is 0 Å². The molecule has 1 aliphatic heterocycles. The molecule has 3 aromatic rings. The van der Waals surface area contributed by atoms with Crippen molar-refractivity contribution in [2.75, 3.05) is 19.6 Å². The first-order valence-electron chi connectivity index (χ1n) is 12.4. The molecule has 36 heavy (non-hydrogen) atoms. The van der Waals surface area contributed by atoms with Gasteiger partial charge in [0.25, 0.3) is 11.5 Å². The number of nitrogens with zero attached hydrogens (tertiary/aromatic N) is 3. The summed E-state index contributed by atoms with van der Waals surface area (Å²) >= 11 is 0. The number of pyridine rings is 1. The Labute approximate surface area is 211 Å².